The molecule has 0 bridgehead atoms. The molecule has 1 rings (SSSR count). The molecule has 3 atom stereocenters. The number of amides is 1. The lowest BCUT2D eigenvalue weighted by Gasteiger charge is -2.30. The molecule has 1 aromatic rings. The maximum atomic E-state index is 12.4. The molecule has 0 aliphatic carbocycles. The SMILES string of the molecule is CC[C@@H](C)[C@@H](C)[C@@H](OCc1ccccc1)C(=O)N(C)OC. The van der Waals surface area contributed by atoms with E-state index in [-0.39, 0.29) is 11.8 Å². The molecule has 0 heterocycles. The van der Waals surface area contributed by atoms with Crippen LogP contribution in [0.5, 0.6) is 0 Å². The third-order valence-corrected chi connectivity index (χ3v) is 4.12. The van der Waals surface area contributed by atoms with E-state index < -0.39 is 6.10 Å². The highest BCUT2D eigenvalue weighted by Gasteiger charge is 2.31. The Kier molecular flexibility index (Phi) is 7.40. The summed E-state index contributed by atoms with van der Waals surface area (Å²) in [7, 11) is 3.10. The quantitative estimate of drug-likeness (QED) is 0.690. The number of hydrogen-bond acceptors (Lipinski definition) is 3. The minimum atomic E-state index is -0.495. The number of likely N-dealkylation sites (N-methyl/N-ethyl adjacent to an activating group) is 1. The normalized spacial score (nSPS) is 15.3. The lowest BCUT2D eigenvalue weighted by molar-refractivity contribution is -0.186. The van der Waals surface area contributed by atoms with E-state index in [0.29, 0.717) is 12.5 Å². The first-order valence-electron chi connectivity index (χ1n) is 7.48. The van der Waals surface area contributed by atoms with Crippen LogP contribution >= 0.6 is 0 Å². The van der Waals surface area contributed by atoms with Crippen LogP contribution in [0.2, 0.25) is 0 Å². The molecule has 1 amide bonds. The second kappa shape index (κ2) is 8.80. The zero-order valence-electron chi connectivity index (χ0n) is 13.7. The predicted molar refractivity (Wildman–Crippen MR) is 83.4 cm³/mol. The summed E-state index contributed by atoms with van der Waals surface area (Å²) >= 11 is 0. The number of benzene rings is 1. The minimum Gasteiger partial charge on any atom is -0.363 e. The molecule has 0 fully saturated rings. The Morgan fingerprint density at radius 2 is 1.86 bits per heavy atom. The van der Waals surface area contributed by atoms with Crippen molar-refractivity contribution in [2.24, 2.45) is 11.8 Å². The molecule has 118 valence electrons. The van der Waals surface area contributed by atoms with Gasteiger partial charge in [0.15, 0.2) is 0 Å². The molecule has 0 radical (unpaired) electrons. The average Bonchev–Trinajstić information content (AvgIpc) is 2.53. The summed E-state index contributed by atoms with van der Waals surface area (Å²) in [5.41, 5.74) is 1.06. The topological polar surface area (TPSA) is 38.8 Å². The Labute approximate surface area is 128 Å². The first-order chi connectivity index (χ1) is 10.0. The number of ether oxygens (including phenoxy) is 1. The molecule has 0 saturated heterocycles. The maximum Gasteiger partial charge on any atom is 0.275 e. The Morgan fingerprint density at radius 3 is 2.38 bits per heavy atom. The average molecular weight is 293 g/mol. The number of carbonyl (C=O) groups excluding carboxylic acids is 1. The van der Waals surface area contributed by atoms with Gasteiger partial charge in [0.2, 0.25) is 0 Å². The molecule has 21 heavy (non-hydrogen) atoms. The number of hydroxylamine groups is 2. The van der Waals surface area contributed by atoms with Gasteiger partial charge in [-0.2, -0.15) is 0 Å². The highest BCUT2D eigenvalue weighted by molar-refractivity contribution is 5.80. The molecule has 0 aromatic heterocycles. The van der Waals surface area contributed by atoms with Crippen LogP contribution in [0.1, 0.15) is 32.8 Å². The molecular formula is C17H27NO3. The van der Waals surface area contributed by atoms with Crippen molar-refractivity contribution in [2.75, 3.05) is 14.2 Å². The molecule has 4 nitrogen and oxygen atoms in total. The molecule has 4 heteroatoms. The summed E-state index contributed by atoms with van der Waals surface area (Å²) in [5.74, 6) is 0.394. The van der Waals surface area contributed by atoms with Crippen LogP contribution in [0.3, 0.4) is 0 Å². The Balaban J connectivity index is 2.78. The summed E-state index contributed by atoms with van der Waals surface area (Å²) in [6, 6.07) is 9.89. The van der Waals surface area contributed by atoms with E-state index in [0.717, 1.165) is 12.0 Å². The van der Waals surface area contributed by atoms with Crippen LogP contribution in [0.15, 0.2) is 30.3 Å². The first kappa shape index (κ1) is 17.7. The van der Waals surface area contributed by atoms with Gasteiger partial charge in [-0.3, -0.25) is 9.63 Å². The molecule has 1 aromatic carbocycles. The van der Waals surface area contributed by atoms with Gasteiger partial charge < -0.3 is 4.74 Å². The van der Waals surface area contributed by atoms with E-state index >= 15 is 0 Å². The predicted octanol–water partition coefficient (Wildman–Crippen LogP) is 3.27. The number of hydrogen-bond donors (Lipinski definition) is 0. The lowest BCUT2D eigenvalue weighted by Crippen LogP contribution is -2.42. The Hall–Kier alpha value is -1.39. The number of rotatable bonds is 8. The zero-order chi connectivity index (χ0) is 15.8. The summed E-state index contributed by atoms with van der Waals surface area (Å²) in [6.07, 6.45) is 0.515. The van der Waals surface area contributed by atoms with Gasteiger partial charge in [0.25, 0.3) is 5.91 Å². The van der Waals surface area contributed by atoms with E-state index in [1.165, 1.54) is 12.2 Å². The van der Waals surface area contributed by atoms with E-state index in [1.807, 2.05) is 30.3 Å². The third kappa shape index (κ3) is 5.14. The number of carbonyl (C=O) groups is 1. The van der Waals surface area contributed by atoms with E-state index in [9.17, 15) is 4.79 Å². The van der Waals surface area contributed by atoms with Crippen LogP contribution in [0, 0.1) is 11.8 Å². The highest BCUT2D eigenvalue weighted by Crippen LogP contribution is 2.23. The fraction of sp³-hybridized carbons (Fsp3) is 0.588. The second-order valence-corrected chi connectivity index (χ2v) is 5.48. The molecule has 0 saturated carbocycles. The van der Waals surface area contributed by atoms with Crippen LogP contribution in [-0.2, 0) is 21.0 Å². The monoisotopic (exact) mass is 293 g/mol. The van der Waals surface area contributed by atoms with Crippen LogP contribution in [0.25, 0.3) is 0 Å². The highest BCUT2D eigenvalue weighted by atomic mass is 16.7. The standard InChI is InChI=1S/C17H27NO3/c1-6-13(2)14(3)16(17(19)18(4)20-5)21-12-15-10-8-7-9-11-15/h7-11,13-14,16H,6,12H2,1-5H3/t13-,14-,16-/m1/s1. The van der Waals surface area contributed by atoms with Gasteiger partial charge in [-0.25, -0.2) is 5.06 Å². The third-order valence-electron chi connectivity index (χ3n) is 4.12. The van der Waals surface area contributed by atoms with Gasteiger partial charge in [0.05, 0.1) is 13.7 Å². The second-order valence-electron chi connectivity index (χ2n) is 5.48. The van der Waals surface area contributed by atoms with Crippen molar-refractivity contribution in [2.45, 2.75) is 39.9 Å². The fourth-order valence-electron chi connectivity index (χ4n) is 2.15. The van der Waals surface area contributed by atoms with Crippen LogP contribution < -0.4 is 0 Å². The van der Waals surface area contributed by atoms with Crippen LogP contribution in [0.4, 0.5) is 0 Å². The van der Waals surface area contributed by atoms with E-state index in [2.05, 4.69) is 20.8 Å². The maximum absolute atomic E-state index is 12.4. The van der Waals surface area contributed by atoms with Crippen molar-refractivity contribution >= 4 is 5.91 Å². The van der Waals surface area contributed by atoms with E-state index in [1.54, 1.807) is 7.05 Å². The molecule has 0 N–H and O–H groups in total. The van der Waals surface area contributed by atoms with Crippen molar-refractivity contribution in [3.63, 3.8) is 0 Å². The van der Waals surface area contributed by atoms with Gasteiger partial charge in [-0.15, -0.1) is 0 Å². The molecule has 0 aliphatic heterocycles. The molecule has 0 aliphatic rings. The van der Waals surface area contributed by atoms with Crippen molar-refractivity contribution in [1.82, 2.24) is 5.06 Å². The lowest BCUT2D eigenvalue weighted by atomic mass is 9.88. The smallest absolute Gasteiger partial charge is 0.275 e. The van der Waals surface area contributed by atoms with E-state index in [4.69, 9.17) is 9.57 Å². The first-order valence-corrected chi connectivity index (χ1v) is 7.48. The summed E-state index contributed by atoms with van der Waals surface area (Å²) in [4.78, 5) is 17.4. The zero-order valence-corrected chi connectivity index (χ0v) is 13.7. The van der Waals surface area contributed by atoms with Crippen molar-refractivity contribution in [3.8, 4) is 0 Å². The molecule has 0 unspecified atom stereocenters. The molecular weight excluding hydrogens is 266 g/mol. The van der Waals surface area contributed by atoms with Crippen molar-refractivity contribution in [3.05, 3.63) is 35.9 Å². The van der Waals surface area contributed by atoms with Gasteiger partial charge in [0, 0.05) is 7.05 Å². The Morgan fingerprint density at radius 1 is 1.24 bits per heavy atom. The van der Waals surface area contributed by atoms with Crippen molar-refractivity contribution < 1.29 is 14.4 Å². The Bertz CT molecular complexity index is 421. The van der Waals surface area contributed by atoms with Crippen LogP contribution in [-0.4, -0.2) is 31.2 Å². The van der Waals surface area contributed by atoms with Gasteiger partial charge in [-0.05, 0) is 17.4 Å². The van der Waals surface area contributed by atoms with Gasteiger partial charge in [-0.1, -0.05) is 57.5 Å². The van der Waals surface area contributed by atoms with Crippen molar-refractivity contribution in [1.29, 1.82) is 0 Å². The summed E-state index contributed by atoms with van der Waals surface area (Å²) in [5, 5.41) is 1.24. The molecule has 0 spiro atoms. The summed E-state index contributed by atoms with van der Waals surface area (Å²) in [6.45, 7) is 6.75. The summed E-state index contributed by atoms with van der Waals surface area (Å²) < 4.78 is 5.93. The fourth-order valence-corrected chi connectivity index (χ4v) is 2.15. The minimum absolute atomic E-state index is 0.129. The van der Waals surface area contributed by atoms with Gasteiger partial charge >= 0.3 is 0 Å². The van der Waals surface area contributed by atoms with Gasteiger partial charge in [0.1, 0.15) is 6.10 Å². The number of nitrogens with zero attached hydrogens (tertiary/aromatic N) is 1. The largest absolute Gasteiger partial charge is 0.363 e.